The summed E-state index contributed by atoms with van der Waals surface area (Å²) in [6, 6.07) is 0. The Bertz CT molecular complexity index is 494. The van der Waals surface area contributed by atoms with Gasteiger partial charge in [-0.1, -0.05) is 6.92 Å². The number of aliphatic hydroxyl groups is 1. The molecule has 2 N–H and O–H groups in total. The van der Waals surface area contributed by atoms with Crippen LogP contribution < -0.4 is 4.72 Å². The molecule has 0 fully saturated rings. The molecular weight excluding hydrogens is 266 g/mol. The van der Waals surface area contributed by atoms with Gasteiger partial charge in [0.15, 0.2) is 5.03 Å². The highest BCUT2D eigenvalue weighted by Crippen LogP contribution is 2.09. The van der Waals surface area contributed by atoms with Crippen LogP contribution in [0.15, 0.2) is 11.2 Å². The smallest absolute Gasteiger partial charge is 0.259 e. The van der Waals surface area contributed by atoms with E-state index in [2.05, 4.69) is 9.71 Å². The van der Waals surface area contributed by atoms with Crippen molar-refractivity contribution in [1.29, 1.82) is 0 Å². The molecule has 0 aromatic carbocycles. The minimum atomic E-state index is -3.54. The summed E-state index contributed by atoms with van der Waals surface area (Å²) in [6.07, 6.45) is 3.27. The highest BCUT2D eigenvalue weighted by Gasteiger charge is 2.18. The van der Waals surface area contributed by atoms with E-state index in [1.807, 2.05) is 11.5 Å². The van der Waals surface area contributed by atoms with Crippen LogP contribution in [0.5, 0.6) is 0 Å². The molecule has 7 heteroatoms. The molecule has 0 amide bonds. The zero-order valence-corrected chi connectivity index (χ0v) is 12.6. The van der Waals surface area contributed by atoms with Crippen molar-refractivity contribution in [3.05, 3.63) is 12.0 Å². The molecule has 110 valence electrons. The fraction of sp³-hybridized carbons (Fsp3) is 0.750. The van der Waals surface area contributed by atoms with E-state index in [1.54, 1.807) is 20.0 Å². The number of aliphatic hydroxyl groups excluding tert-OH is 1. The molecule has 0 saturated carbocycles. The highest BCUT2D eigenvalue weighted by atomic mass is 32.2. The number of imidazole rings is 1. The largest absolute Gasteiger partial charge is 0.393 e. The van der Waals surface area contributed by atoms with Crippen molar-refractivity contribution in [2.24, 2.45) is 0 Å². The van der Waals surface area contributed by atoms with Gasteiger partial charge in [0.2, 0.25) is 0 Å². The summed E-state index contributed by atoms with van der Waals surface area (Å²) in [5, 5.41) is 9.17. The normalized spacial score (nSPS) is 13.7. The van der Waals surface area contributed by atoms with E-state index in [1.165, 1.54) is 0 Å². The van der Waals surface area contributed by atoms with E-state index in [0.29, 0.717) is 25.2 Å². The first kappa shape index (κ1) is 16.1. The lowest BCUT2D eigenvalue weighted by molar-refractivity contribution is 0.182. The molecule has 0 saturated heterocycles. The van der Waals surface area contributed by atoms with E-state index >= 15 is 0 Å². The van der Waals surface area contributed by atoms with E-state index in [0.717, 1.165) is 13.0 Å². The second-order valence-electron chi connectivity index (χ2n) is 4.71. The zero-order chi connectivity index (χ0) is 14.5. The zero-order valence-electron chi connectivity index (χ0n) is 11.8. The summed E-state index contributed by atoms with van der Waals surface area (Å²) < 4.78 is 28.3. The van der Waals surface area contributed by atoms with Crippen molar-refractivity contribution in [3.63, 3.8) is 0 Å². The Hall–Kier alpha value is -0.920. The van der Waals surface area contributed by atoms with E-state index in [9.17, 15) is 8.42 Å². The predicted molar refractivity (Wildman–Crippen MR) is 73.4 cm³/mol. The molecule has 1 unspecified atom stereocenters. The van der Waals surface area contributed by atoms with Crippen LogP contribution in [0.25, 0.3) is 0 Å². The van der Waals surface area contributed by atoms with Crippen LogP contribution in [-0.4, -0.2) is 35.7 Å². The van der Waals surface area contributed by atoms with Gasteiger partial charge in [0.1, 0.15) is 5.82 Å². The minimum absolute atomic E-state index is 0.0653. The molecule has 1 atom stereocenters. The number of nitrogens with one attached hydrogen (secondary N) is 1. The molecule has 0 bridgehead atoms. The molecule has 19 heavy (non-hydrogen) atoms. The summed E-state index contributed by atoms with van der Waals surface area (Å²) in [5.74, 6) is 0.700. The first-order valence-electron chi connectivity index (χ1n) is 6.58. The van der Waals surface area contributed by atoms with Crippen molar-refractivity contribution in [2.75, 3.05) is 6.54 Å². The number of hydrogen-bond donors (Lipinski definition) is 2. The van der Waals surface area contributed by atoms with Gasteiger partial charge in [-0.25, -0.2) is 18.1 Å². The molecular formula is C12H23N3O3S. The fourth-order valence-corrected chi connectivity index (χ4v) is 2.83. The predicted octanol–water partition coefficient (Wildman–Crippen LogP) is 1.04. The number of hydrogen-bond acceptors (Lipinski definition) is 4. The third kappa shape index (κ3) is 4.93. The van der Waals surface area contributed by atoms with Gasteiger partial charge in [-0.05, 0) is 33.1 Å². The van der Waals surface area contributed by atoms with E-state index in [-0.39, 0.29) is 5.03 Å². The Morgan fingerprint density at radius 1 is 1.53 bits per heavy atom. The molecule has 1 aromatic heterocycles. The quantitative estimate of drug-likeness (QED) is 0.700. The van der Waals surface area contributed by atoms with Gasteiger partial charge in [0.05, 0.1) is 6.10 Å². The van der Waals surface area contributed by atoms with E-state index < -0.39 is 16.1 Å². The Morgan fingerprint density at radius 3 is 2.79 bits per heavy atom. The monoisotopic (exact) mass is 289 g/mol. The Morgan fingerprint density at radius 2 is 2.21 bits per heavy atom. The molecule has 0 aliphatic carbocycles. The first-order chi connectivity index (χ1) is 8.86. The number of aryl methyl sites for hydroxylation is 2. The maximum atomic E-state index is 12.0. The molecule has 0 radical (unpaired) electrons. The molecule has 6 nitrogen and oxygen atoms in total. The van der Waals surface area contributed by atoms with Crippen LogP contribution in [0.4, 0.5) is 0 Å². The number of sulfonamides is 1. The average molecular weight is 289 g/mol. The van der Waals surface area contributed by atoms with Crippen molar-refractivity contribution >= 4 is 10.0 Å². The third-order valence-electron chi connectivity index (χ3n) is 2.78. The summed E-state index contributed by atoms with van der Waals surface area (Å²) >= 11 is 0. The lowest BCUT2D eigenvalue weighted by Gasteiger charge is -2.05. The van der Waals surface area contributed by atoms with Crippen LogP contribution in [0, 0.1) is 6.92 Å². The van der Waals surface area contributed by atoms with Crippen molar-refractivity contribution in [1.82, 2.24) is 14.3 Å². The lowest BCUT2D eigenvalue weighted by atomic mass is 10.2. The average Bonchev–Trinajstić information content (AvgIpc) is 2.68. The van der Waals surface area contributed by atoms with Crippen molar-refractivity contribution < 1.29 is 13.5 Å². The maximum Gasteiger partial charge on any atom is 0.259 e. The van der Waals surface area contributed by atoms with Gasteiger partial charge < -0.3 is 9.67 Å². The number of nitrogens with zero attached hydrogens (tertiary/aromatic N) is 2. The Kier molecular flexibility index (Phi) is 5.96. The summed E-state index contributed by atoms with van der Waals surface area (Å²) in [5.41, 5.74) is 0. The van der Waals surface area contributed by atoms with Gasteiger partial charge in [-0.3, -0.25) is 0 Å². The van der Waals surface area contributed by atoms with Crippen LogP contribution >= 0.6 is 0 Å². The Labute approximate surface area is 114 Å². The van der Waals surface area contributed by atoms with Crippen LogP contribution in [0.2, 0.25) is 0 Å². The maximum absolute atomic E-state index is 12.0. The second-order valence-corrected chi connectivity index (χ2v) is 6.42. The van der Waals surface area contributed by atoms with Gasteiger partial charge in [0, 0.05) is 19.3 Å². The summed E-state index contributed by atoms with van der Waals surface area (Å²) in [7, 11) is -3.54. The van der Waals surface area contributed by atoms with Gasteiger partial charge >= 0.3 is 0 Å². The van der Waals surface area contributed by atoms with Gasteiger partial charge in [-0.2, -0.15) is 0 Å². The van der Waals surface area contributed by atoms with Crippen LogP contribution in [-0.2, 0) is 16.6 Å². The van der Waals surface area contributed by atoms with Crippen LogP contribution in [0.3, 0.4) is 0 Å². The van der Waals surface area contributed by atoms with Crippen molar-refractivity contribution in [2.45, 2.75) is 57.7 Å². The summed E-state index contributed by atoms with van der Waals surface area (Å²) in [4.78, 5) is 4.08. The Balaban J connectivity index is 2.64. The SMILES string of the molecule is CCCn1cc(S(=O)(=O)NCCCC(C)O)nc1C. The number of aromatic nitrogens is 2. The molecule has 1 heterocycles. The van der Waals surface area contributed by atoms with Crippen LogP contribution in [0.1, 0.15) is 38.9 Å². The summed E-state index contributed by atoms with van der Waals surface area (Å²) in [6.45, 7) is 6.58. The minimum Gasteiger partial charge on any atom is -0.393 e. The molecule has 0 aliphatic rings. The fourth-order valence-electron chi connectivity index (χ4n) is 1.75. The highest BCUT2D eigenvalue weighted by molar-refractivity contribution is 7.89. The second kappa shape index (κ2) is 7.02. The topological polar surface area (TPSA) is 84.2 Å². The first-order valence-corrected chi connectivity index (χ1v) is 8.06. The van der Waals surface area contributed by atoms with Crippen molar-refractivity contribution in [3.8, 4) is 0 Å². The number of rotatable bonds is 8. The third-order valence-corrected chi connectivity index (χ3v) is 4.12. The molecule has 0 spiro atoms. The standard InChI is InChI=1S/C12H23N3O3S/c1-4-8-15-9-12(14-11(15)3)19(17,18)13-7-5-6-10(2)16/h9-10,13,16H,4-8H2,1-3H3. The lowest BCUT2D eigenvalue weighted by Crippen LogP contribution is -2.25. The molecule has 1 aromatic rings. The molecule has 1 rings (SSSR count). The van der Waals surface area contributed by atoms with Gasteiger partial charge in [0.25, 0.3) is 10.0 Å². The molecule has 0 aliphatic heterocycles. The van der Waals surface area contributed by atoms with Gasteiger partial charge in [-0.15, -0.1) is 0 Å². The van der Waals surface area contributed by atoms with E-state index in [4.69, 9.17) is 5.11 Å².